The van der Waals surface area contributed by atoms with Crippen LogP contribution in [0.1, 0.15) is 53.9 Å². The van der Waals surface area contributed by atoms with Gasteiger partial charge in [-0.3, -0.25) is 0 Å². The molecule has 2 bridgehead atoms. The molecule has 2 aliphatic carbocycles. The third kappa shape index (κ3) is 2.90. The highest BCUT2D eigenvalue weighted by Gasteiger charge is 2.61. The Morgan fingerprint density at radius 1 is 1.25 bits per heavy atom. The molecule has 4 atom stereocenters. The van der Waals surface area contributed by atoms with Gasteiger partial charge in [0.25, 0.3) is 0 Å². The first-order valence-corrected chi connectivity index (χ1v) is 8.27. The summed E-state index contributed by atoms with van der Waals surface area (Å²) >= 11 is 0. The van der Waals surface area contributed by atoms with Crippen LogP contribution in [0.3, 0.4) is 0 Å². The lowest BCUT2D eigenvalue weighted by Gasteiger charge is -2.39. The molecular formula is C17H33NO2. The average Bonchev–Trinajstić information content (AvgIpc) is 2.68. The Hall–Kier alpha value is -0.120. The van der Waals surface area contributed by atoms with Gasteiger partial charge in [0.05, 0.1) is 18.8 Å². The van der Waals surface area contributed by atoms with E-state index < -0.39 is 0 Å². The van der Waals surface area contributed by atoms with Crippen molar-refractivity contribution in [3.8, 4) is 0 Å². The number of rotatable bonds is 7. The van der Waals surface area contributed by atoms with Gasteiger partial charge in [-0.05, 0) is 48.5 Å². The van der Waals surface area contributed by atoms with Crippen LogP contribution in [0.15, 0.2) is 0 Å². The van der Waals surface area contributed by atoms with E-state index in [1.807, 2.05) is 0 Å². The fourth-order valence-electron chi connectivity index (χ4n) is 4.21. The molecule has 20 heavy (non-hydrogen) atoms. The summed E-state index contributed by atoms with van der Waals surface area (Å²) in [4.78, 5) is 0. The minimum Gasteiger partial charge on any atom is -0.389 e. The van der Waals surface area contributed by atoms with Crippen molar-refractivity contribution in [2.75, 3.05) is 19.7 Å². The standard InChI is InChI=1S/C17H33NO2/c1-12(2)9-18-10-14(19)11-20-15-8-13-6-7-17(15,5)16(13,3)4/h12-15,18-19H,6-11H2,1-5H3/t13-,14-,15+,17-/m1/s1. The van der Waals surface area contributed by atoms with Crippen LogP contribution in [0.25, 0.3) is 0 Å². The molecule has 0 aliphatic heterocycles. The molecular weight excluding hydrogens is 250 g/mol. The lowest BCUT2D eigenvalue weighted by Crippen LogP contribution is -2.40. The molecule has 0 spiro atoms. The van der Waals surface area contributed by atoms with Crippen LogP contribution in [0, 0.1) is 22.7 Å². The van der Waals surface area contributed by atoms with Gasteiger partial charge in [0.2, 0.25) is 0 Å². The van der Waals surface area contributed by atoms with E-state index >= 15 is 0 Å². The third-order valence-electron chi connectivity index (χ3n) is 6.14. The van der Waals surface area contributed by atoms with E-state index in [1.54, 1.807) is 0 Å². The van der Waals surface area contributed by atoms with Crippen molar-refractivity contribution in [2.45, 2.75) is 66.1 Å². The second-order valence-electron chi connectivity index (χ2n) is 8.14. The predicted octanol–water partition coefficient (Wildman–Crippen LogP) is 2.82. The smallest absolute Gasteiger partial charge is 0.0897 e. The van der Waals surface area contributed by atoms with Crippen molar-refractivity contribution >= 4 is 0 Å². The van der Waals surface area contributed by atoms with E-state index in [2.05, 4.69) is 39.9 Å². The Kier molecular flexibility index (Phi) is 4.83. The van der Waals surface area contributed by atoms with Gasteiger partial charge in [0.15, 0.2) is 0 Å². The lowest BCUT2D eigenvalue weighted by atomic mass is 9.70. The molecule has 0 heterocycles. The minimum atomic E-state index is -0.389. The van der Waals surface area contributed by atoms with Crippen LogP contribution in [-0.4, -0.2) is 37.0 Å². The van der Waals surface area contributed by atoms with E-state index in [-0.39, 0.29) is 6.10 Å². The maximum Gasteiger partial charge on any atom is 0.0897 e. The fraction of sp³-hybridized carbons (Fsp3) is 1.00. The summed E-state index contributed by atoms with van der Waals surface area (Å²) in [6, 6.07) is 0. The molecule has 2 aliphatic rings. The molecule has 0 amide bonds. The van der Waals surface area contributed by atoms with Crippen LogP contribution in [0.2, 0.25) is 0 Å². The zero-order valence-electron chi connectivity index (χ0n) is 13.9. The first kappa shape index (κ1) is 16.3. The van der Waals surface area contributed by atoms with Crippen molar-refractivity contribution in [3.05, 3.63) is 0 Å². The highest BCUT2D eigenvalue weighted by atomic mass is 16.5. The average molecular weight is 283 g/mol. The number of ether oxygens (including phenoxy) is 1. The van der Waals surface area contributed by atoms with E-state index in [0.29, 0.717) is 36.0 Å². The Morgan fingerprint density at radius 2 is 1.95 bits per heavy atom. The van der Waals surface area contributed by atoms with Crippen molar-refractivity contribution < 1.29 is 9.84 Å². The largest absolute Gasteiger partial charge is 0.389 e. The van der Waals surface area contributed by atoms with Crippen LogP contribution >= 0.6 is 0 Å². The summed E-state index contributed by atoms with van der Waals surface area (Å²) in [5.41, 5.74) is 0.682. The molecule has 0 aromatic carbocycles. The van der Waals surface area contributed by atoms with E-state index in [4.69, 9.17) is 4.74 Å². The number of nitrogens with one attached hydrogen (secondary N) is 1. The second kappa shape index (κ2) is 5.94. The second-order valence-corrected chi connectivity index (χ2v) is 8.14. The summed E-state index contributed by atoms with van der Waals surface area (Å²) in [5.74, 6) is 1.42. The van der Waals surface area contributed by atoms with Crippen molar-refractivity contribution in [1.29, 1.82) is 0 Å². The topological polar surface area (TPSA) is 41.5 Å². The molecule has 0 unspecified atom stereocenters. The predicted molar refractivity (Wildman–Crippen MR) is 82.7 cm³/mol. The van der Waals surface area contributed by atoms with Gasteiger partial charge in [0, 0.05) is 6.54 Å². The summed E-state index contributed by atoms with van der Waals surface area (Å²) in [7, 11) is 0. The van der Waals surface area contributed by atoms with Gasteiger partial charge in [-0.25, -0.2) is 0 Å². The molecule has 2 fully saturated rings. The maximum absolute atomic E-state index is 10.0. The van der Waals surface area contributed by atoms with Gasteiger partial charge in [-0.1, -0.05) is 34.6 Å². The van der Waals surface area contributed by atoms with Crippen molar-refractivity contribution in [2.24, 2.45) is 22.7 Å². The molecule has 0 saturated heterocycles. The highest BCUT2D eigenvalue weighted by molar-refractivity contribution is 5.11. The van der Waals surface area contributed by atoms with Crippen molar-refractivity contribution in [1.82, 2.24) is 5.32 Å². The zero-order chi connectivity index (χ0) is 15.0. The van der Waals surface area contributed by atoms with Gasteiger partial charge < -0.3 is 15.2 Å². The fourth-order valence-corrected chi connectivity index (χ4v) is 4.21. The molecule has 0 aromatic heterocycles. The van der Waals surface area contributed by atoms with E-state index in [0.717, 1.165) is 12.5 Å². The molecule has 0 aromatic rings. The summed E-state index contributed by atoms with van der Waals surface area (Å²) in [6.45, 7) is 13.6. The summed E-state index contributed by atoms with van der Waals surface area (Å²) in [6.07, 6.45) is 3.74. The number of hydrogen-bond acceptors (Lipinski definition) is 3. The third-order valence-corrected chi connectivity index (χ3v) is 6.14. The Morgan fingerprint density at radius 3 is 2.45 bits per heavy atom. The quantitative estimate of drug-likeness (QED) is 0.755. The molecule has 3 nitrogen and oxygen atoms in total. The van der Waals surface area contributed by atoms with Gasteiger partial charge in [-0.2, -0.15) is 0 Å². The monoisotopic (exact) mass is 283 g/mol. The molecule has 3 heteroatoms. The minimum absolute atomic E-state index is 0.294. The molecule has 2 rings (SSSR count). The molecule has 2 N–H and O–H groups in total. The Labute approximate surface area is 124 Å². The normalized spacial score (nSPS) is 36.8. The van der Waals surface area contributed by atoms with Crippen molar-refractivity contribution in [3.63, 3.8) is 0 Å². The van der Waals surface area contributed by atoms with Crippen LogP contribution in [0.5, 0.6) is 0 Å². The van der Waals surface area contributed by atoms with Crippen LogP contribution in [-0.2, 0) is 4.74 Å². The summed E-state index contributed by atoms with van der Waals surface area (Å²) < 4.78 is 6.10. The highest BCUT2D eigenvalue weighted by Crippen LogP contribution is 2.66. The van der Waals surface area contributed by atoms with Gasteiger partial charge >= 0.3 is 0 Å². The first-order valence-electron chi connectivity index (χ1n) is 8.27. The molecule has 118 valence electrons. The van der Waals surface area contributed by atoms with Gasteiger partial charge in [0.1, 0.15) is 0 Å². The van der Waals surface area contributed by atoms with Crippen LogP contribution in [0.4, 0.5) is 0 Å². The number of fused-ring (bicyclic) bond motifs is 2. The number of aliphatic hydroxyl groups is 1. The Bertz CT molecular complexity index is 329. The molecule has 0 radical (unpaired) electrons. The molecule has 2 saturated carbocycles. The number of hydrogen-bond donors (Lipinski definition) is 2. The van der Waals surface area contributed by atoms with Gasteiger partial charge in [-0.15, -0.1) is 0 Å². The zero-order valence-corrected chi connectivity index (χ0v) is 13.9. The van der Waals surface area contributed by atoms with Crippen LogP contribution < -0.4 is 5.32 Å². The maximum atomic E-state index is 10.0. The summed E-state index contributed by atoms with van der Waals surface area (Å²) in [5, 5.41) is 13.3. The van der Waals surface area contributed by atoms with E-state index in [1.165, 1.54) is 19.3 Å². The lowest BCUT2D eigenvalue weighted by molar-refractivity contribution is -0.0742. The Balaban J connectivity index is 1.75. The SMILES string of the molecule is CC(C)CNC[C@@H](O)CO[C@H]1C[C@H]2CC[C@@]1(C)C2(C)C. The van der Waals surface area contributed by atoms with E-state index in [9.17, 15) is 5.11 Å². The first-order chi connectivity index (χ1) is 9.27. The number of aliphatic hydroxyl groups excluding tert-OH is 1.